The molecular formula is C16H22N4S. The van der Waals surface area contributed by atoms with Gasteiger partial charge in [-0.3, -0.25) is 4.98 Å². The predicted molar refractivity (Wildman–Crippen MR) is 89.8 cm³/mol. The molecular weight excluding hydrogens is 280 g/mol. The topological polar surface area (TPSA) is 49.3 Å². The highest BCUT2D eigenvalue weighted by Gasteiger charge is 1.99. The minimum atomic E-state index is 0.721. The molecule has 0 aliphatic carbocycles. The zero-order valence-corrected chi connectivity index (χ0v) is 13.4. The van der Waals surface area contributed by atoms with Crippen LogP contribution in [0, 0.1) is 6.92 Å². The van der Waals surface area contributed by atoms with E-state index in [0.717, 1.165) is 37.7 Å². The minimum absolute atomic E-state index is 0.721. The molecule has 2 aromatic rings. The van der Waals surface area contributed by atoms with E-state index in [0.29, 0.717) is 0 Å². The van der Waals surface area contributed by atoms with Crippen molar-refractivity contribution in [3.05, 3.63) is 52.0 Å². The van der Waals surface area contributed by atoms with Gasteiger partial charge in [-0.15, -0.1) is 11.3 Å². The number of aliphatic imine (C=N–C) groups is 1. The second-order valence-corrected chi connectivity index (χ2v) is 5.79. The van der Waals surface area contributed by atoms with Crippen LogP contribution >= 0.6 is 11.3 Å². The van der Waals surface area contributed by atoms with E-state index < -0.39 is 0 Å². The first-order chi connectivity index (χ1) is 10.3. The Morgan fingerprint density at radius 3 is 2.86 bits per heavy atom. The zero-order chi connectivity index (χ0) is 14.9. The van der Waals surface area contributed by atoms with E-state index in [4.69, 9.17) is 0 Å². The Labute approximate surface area is 130 Å². The van der Waals surface area contributed by atoms with E-state index in [-0.39, 0.29) is 0 Å². The highest BCUT2D eigenvalue weighted by molar-refractivity contribution is 7.09. The van der Waals surface area contributed by atoms with Crippen molar-refractivity contribution in [1.82, 2.24) is 15.6 Å². The molecule has 2 rings (SSSR count). The summed E-state index contributed by atoms with van der Waals surface area (Å²) >= 11 is 1.73. The number of nitrogens with one attached hydrogen (secondary N) is 2. The molecule has 0 aromatic carbocycles. The number of aromatic nitrogens is 1. The lowest BCUT2D eigenvalue weighted by atomic mass is 10.2. The quantitative estimate of drug-likeness (QED) is 0.637. The van der Waals surface area contributed by atoms with Crippen molar-refractivity contribution in [2.75, 3.05) is 13.1 Å². The van der Waals surface area contributed by atoms with Crippen molar-refractivity contribution in [2.24, 2.45) is 4.99 Å². The molecule has 0 atom stereocenters. The van der Waals surface area contributed by atoms with Gasteiger partial charge >= 0.3 is 0 Å². The molecule has 0 radical (unpaired) electrons. The van der Waals surface area contributed by atoms with Crippen molar-refractivity contribution < 1.29 is 0 Å². The summed E-state index contributed by atoms with van der Waals surface area (Å²) in [5.41, 5.74) is 2.29. The molecule has 2 heterocycles. The van der Waals surface area contributed by atoms with Gasteiger partial charge in [-0.25, -0.2) is 4.99 Å². The second kappa shape index (κ2) is 8.42. The molecule has 0 fully saturated rings. The van der Waals surface area contributed by atoms with Crippen LogP contribution in [0.4, 0.5) is 0 Å². The number of nitrogens with zero attached hydrogens (tertiary/aromatic N) is 2. The van der Waals surface area contributed by atoms with Gasteiger partial charge in [0.25, 0.3) is 0 Å². The lowest BCUT2D eigenvalue weighted by Gasteiger charge is -2.11. The van der Waals surface area contributed by atoms with Gasteiger partial charge in [0.1, 0.15) is 0 Å². The van der Waals surface area contributed by atoms with E-state index in [2.05, 4.69) is 51.1 Å². The van der Waals surface area contributed by atoms with Crippen LogP contribution in [-0.2, 0) is 13.0 Å². The third-order valence-electron chi connectivity index (χ3n) is 3.00. The Hall–Kier alpha value is -1.88. The molecule has 21 heavy (non-hydrogen) atoms. The van der Waals surface area contributed by atoms with Crippen LogP contribution in [0.1, 0.15) is 23.1 Å². The smallest absolute Gasteiger partial charge is 0.191 e. The van der Waals surface area contributed by atoms with Crippen molar-refractivity contribution in [3.8, 4) is 0 Å². The first-order valence-corrected chi connectivity index (χ1v) is 8.12. The van der Waals surface area contributed by atoms with Crippen LogP contribution in [0.5, 0.6) is 0 Å². The van der Waals surface area contributed by atoms with Crippen LogP contribution in [0.3, 0.4) is 0 Å². The summed E-state index contributed by atoms with van der Waals surface area (Å²) < 4.78 is 0. The number of pyridine rings is 1. The molecule has 0 saturated heterocycles. The van der Waals surface area contributed by atoms with E-state index in [1.165, 1.54) is 10.4 Å². The number of thiophene rings is 1. The predicted octanol–water partition coefficient (Wildman–Crippen LogP) is 2.75. The molecule has 4 nitrogen and oxygen atoms in total. The van der Waals surface area contributed by atoms with Gasteiger partial charge in [-0.05, 0) is 43.3 Å². The largest absolute Gasteiger partial charge is 0.357 e. The highest BCUT2D eigenvalue weighted by Crippen LogP contribution is 2.09. The first kappa shape index (κ1) is 15.5. The lowest BCUT2D eigenvalue weighted by molar-refractivity contribution is 0.798. The third-order valence-corrected chi connectivity index (χ3v) is 3.86. The summed E-state index contributed by atoms with van der Waals surface area (Å²) in [5.74, 6) is 0.867. The highest BCUT2D eigenvalue weighted by atomic mass is 32.1. The molecule has 5 heteroatoms. The molecule has 0 bridgehead atoms. The van der Waals surface area contributed by atoms with E-state index >= 15 is 0 Å². The average molecular weight is 302 g/mol. The fraction of sp³-hybridized carbons (Fsp3) is 0.375. The van der Waals surface area contributed by atoms with Gasteiger partial charge in [-0.1, -0.05) is 12.1 Å². The zero-order valence-electron chi connectivity index (χ0n) is 12.6. The number of rotatable bonds is 6. The number of aryl methyl sites for hydroxylation is 1. The molecule has 0 aliphatic heterocycles. The van der Waals surface area contributed by atoms with Crippen molar-refractivity contribution in [2.45, 2.75) is 26.8 Å². The van der Waals surface area contributed by atoms with Crippen LogP contribution < -0.4 is 10.6 Å². The van der Waals surface area contributed by atoms with Gasteiger partial charge in [0.15, 0.2) is 5.96 Å². The van der Waals surface area contributed by atoms with Gasteiger partial charge in [0.2, 0.25) is 0 Å². The standard InChI is InChI=1S/C16H22N4S/c1-3-17-16(20-12-15-5-4-10-21-15)18-9-8-14-7-6-13(2)19-11-14/h4-7,10-11H,3,8-9,12H2,1-2H3,(H2,17,18,20). The van der Waals surface area contributed by atoms with Gasteiger partial charge in [0, 0.05) is 29.9 Å². The van der Waals surface area contributed by atoms with E-state index in [1.54, 1.807) is 11.3 Å². The molecule has 0 unspecified atom stereocenters. The van der Waals surface area contributed by atoms with Crippen molar-refractivity contribution >= 4 is 17.3 Å². The Balaban J connectivity index is 1.82. The molecule has 0 saturated carbocycles. The summed E-state index contributed by atoms with van der Waals surface area (Å²) in [5, 5.41) is 8.71. The van der Waals surface area contributed by atoms with Crippen LogP contribution in [0.2, 0.25) is 0 Å². The second-order valence-electron chi connectivity index (χ2n) is 4.76. The average Bonchev–Trinajstić information content (AvgIpc) is 3.00. The molecule has 0 spiro atoms. The molecule has 0 aliphatic rings. The van der Waals surface area contributed by atoms with Gasteiger partial charge in [0.05, 0.1) is 6.54 Å². The van der Waals surface area contributed by atoms with E-state index in [1.807, 2.05) is 19.2 Å². The number of hydrogen-bond donors (Lipinski definition) is 2. The maximum absolute atomic E-state index is 4.59. The van der Waals surface area contributed by atoms with Crippen molar-refractivity contribution in [1.29, 1.82) is 0 Å². The monoisotopic (exact) mass is 302 g/mol. The normalized spacial score (nSPS) is 11.4. The third kappa shape index (κ3) is 5.55. The maximum Gasteiger partial charge on any atom is 0.191 e. The fourth-order valence-corrected chi connectivity index (χ4v) is 2.50. The Bertz CT molecular complexity index is 546. The molecule has 112 valence electrons. The summed E-state index contributed by atoms with van der Waals surface area (Å²) in [6.45, 7) is 6.51. The summed E-state index contributed by atoms with van der Waals surface area (Å²) in [6.07, 6.45) is 2.88. The van der Waals surface area contributed by atoms with Gasteiger partial charge < -0.3 is 10.6 Å². The summed E-state index contributed by atoms with van der Waals surface area (Å²) in [6, 6.07) is 8.33. The Morgan fingerprint density at radius 1 is 1.29 bits per heavy atom. The summed E-state index contributed by atoms with van der Waals surface area (Å²) in [4.78, 5) is 10.2. The minimum Gasteiger partial charge on any atom is -0.357 e. The Kier molecular flexibility index (Phi) is 6.22. The number of guanidine groups is 1. The van der Waals surface area contributed by atoms with Crippen molar-refractivity contribution in [3.63, 3.8) is 0 Å². The molecule has 2 N–H and O–H groups in total. The lowest BCUT2D eigenvalue weighted by Crippen LogP contribution is -2.38. The molecule has 0 amide bonds. The maximum atomic E-state index is 4.59. The Morgan fingerprint density at radius 2 is 2.19 bits per heavy atom. The van der Waals surface area contributed by atoms with Crippen LogP contribution in [0.25, 0.3) is 0 Å². The number of hydrogen-bond acceptors (Lipinski definition) is 3. The van der Waals surface area contributed by atoms with E-state index in [9.17, 15) is 0 Å². The summed E-state index contributed by atoms with van der Waals surface area (Å²) in [7, 11) is 0. The van der Waals surface area contributed by atoms with Crippen LogP contribution in [0.15, 0.2) is 40.8 Å². The first-order valence-electron chi connectivity index (χ1n) is 7.24. The van der Waals surface area contributed by atoms with Crippen LogP contribution in [-0.4, -0.2) is 24.0 Å². The van der Waals surface area contributed by atoms with Gasteiger partial charge in [-0.2, -0.15) is 0 Å². The fourth-order valence-electron chi connectivity index (χ4n) is 1.87. The molecule has 2 aromatic heterocycles. The SMILES string of the molecule is CCNC(=NCc1cccs1)NCCc1ccc(C)nc1.